The van der Waals surface area contributed by atoms with Gasteiger partial charge < -0.3 is 10.1 Å². The first-order valence-electron chi connectivity index (χ1n) is 8.38. The van der Waals surface area contributed by atoms with Crippen molar-refractivity contribution in [3.05, 3.63) is 22.9 Å². The van der Waals surface area contributed by atoms with E-state index in [1.54, 1.807) is 11.6 Å². The van der Waals surface area contributed by atoms with Crippen LogP contribution in [0.4, 0.5) is 5.69 Å². The van der Waals surface area contributed by atoms with Gasteiger partial charge in [-0.3, -0.25) is 5.10 Å². The highest BCUT2D eigenvalue weighted by atomic mass is 16.5. The Kier molecular flexibility index (Phi) is 4.83. The quantitative estimate of drug-likeness (QED) is 0.418. The first-order valence-corrected chi connectivity index (χ1v) is 8.38. The molecule has 1 aliphatic heterocycles. The number of allylic oxidation sites excluding steroid dienone is 1. The number of H-pyrrole nitrogens is 1. The van der Waals surface area contributed by atoms with Crippen molar-refractivity contribution >= 4 is 23.6 Å². The normalized spacial score (nSPS) is 15.6. The lowest BCUT2D eigenvalue weighted by Gasteiger charge is -2.16. The standard InChI is InChI=1S/C16H20N10O/c1-9-20-14-11(12(16(2,3)4)25-26(14)24-9)22-23-13(10(7-17)8-18)21-15-19-5-6-27-15/h7,17,25H,5-6H2,1-4H3,(H,19,21)/p+1. The predicted molar refractivity (Wildman–Crippen MR) is 96.9 cm³/mol. The van der Waals surface area contributed by atoms with Crippen LogP contribution < -0.4 is 5.32 Å². The van der Waals surface area contributed by atoms with Crippen LogP contribution in [-0.2, 0) is 10.2 Å². The van der Waals surface area contributed by atoms with Crippen molar-refractivity contribution in [2.45, 2.75) is 33.1 Å². The number of nitrogens with one attached hydrogen (secondary N) is 2. The van der Waals surface area contributed by atoms with Crippen molar-refractivity contribution in [2.24, 2.45) is 15.2 Å². The van der Waals surface area contributed by atoms with Gasteiger partial charge in [0.2, 0.25) is 5.65 Å². The molecule has 0 radical (unpaired) electrons. The van der Waals surface area contributed by atoms with Gasteiger partial charge in [-0.1, -0.05) is 25.9 Å². The van der Waals surface area contributed by atoms with E-state index in [9.17, 15) is 5.26 Å². The van der Waals surface area contributed by atoms with Crippen LogP contribution in [0, 0.1) is 23.7 Å². The maximum Gasteiger partial charge on any atom is 0.397 e. The number of aromatic amines is 1. The second kappa shape index (κ2) is 7.08. The molecule has 0 unspecified atom stereocenters. The second-order valence-corrected chi connectivity index (χ2v) is 6.95. The number of nitrogens with two attached hydrogens (primary N) is 1. The van der Waals surface area contributed by atoms with E-state index >= 15 is 0 Å². The molecule has 140 valence electrons. The van der Waals surface area contributed by atoms with Crippen molar-refractivity contribution in [1.29, 1.82) is 10.7 Å². The molecule has 0 bridgehead atoms. The highest BCUT2D eigenvalue weighted by Crippen LogP contribution is 2.33. The average molecular weight is 369 g/mol. The number of quaternary nitrogens is 1. The number of aliphatic imine (C=N–C) groups is 1. The summed E-state index contributed by atoms with van der Waals surface area (Å²) in [5, 5.41) is 34.3. The Hall–Kier alpha value is -3.39. The molecule has 0 spiro atoms. The van der Waals surface area contributed by atoms with Crippen molar-refractivity contribution in [1.82, 2.24) is 19.8 Å². The van der Waals surface area contributed by atoms with E-state index in [1.807, 2.05) is 26.8 Å². The van der Waals surface area contributed by atoms with Gasteiger partial charge >= 0.3 is 6.02 Å². The number of ether oxygens (including phenoxy) is 1. The number of nitriles is 1. The summed E-state index contributed by atoms with van der Waals surface area (Å²) in [6.07, 6.45) is 0.930. The zero-order chi connectivity index (χ0) is 19.6. The van der Waals surface area contributed by atoms with E-state index in [1.165, 1.54) is 5.32 Å². The molecule has 0 aromatic carbocycles. The average Bonchev–Trinajstić information content (AvgIpc) is 3.29. The fourth-order valence-corrected chi connectivity index (χ4v) is 2.52. The van der Waals surface area contributed by atoms with Gasteiger partial charge in [0.05, 0.1) is 12.2 Å². The molecule has 11 nitrogen and oxygen atoms in total. The van der Waals surface area contributed by atoms with E-state index in [2.05, 4.69) is 30.4 Å². The van der Waals surface area contributed by atoms with E-state index in [0.29, 0.717) is 36.3 Å². The maximum absolute atomic E-state index is 9.29. The Bertz CT molecular complexity index is 1010. The van der Waals surface area contributed by atoms with E-state index in [4.69, 9.17) is 10.1 Å². The molecule has 2 aromatic rings. The number of hydrogen-bond acceptors (Lipinski definition) is 8. The maximum atomic E-state index is 9.29. The van der Waals surface area contributed by atoms with E-state index in [-0.39, 0.29) is 16.8 Å². The van der Waals surface area contributed by atoms with Crippen molar-refractivity contribution in [3.8, 4) is 6.07 Å². The number of aromatic nitrogens is 4. The van der Waals surface area contributed by atoms with Gasteiger partial charge in [0.15, 0.2) is 11.3 Å². The molecule has 0 amide bonds. The Morgan fingerprint density at radius 3 is 2.85 bits per heavy atom. The lowest BCUT2D eigenvalue weighted by Crippen LogP contribution is -2.86. The minimum Gasteiger partial charge on any atom is -0.435 e. The van der Waals surface area contributed by atoms with Crippen LogP contribution in [0.15, 0.2) is 26.6 Å². The lowest BCUT2D eigenvalue weighted by atomic mass is 9.91. The number of nitrogens with zero attached hydrogens (tertiary/aromatic N) is 7. The van der Waals surface area contributed by atoms with Gasteiger partial charge in [0.1, 0.15) is 18.5 Å². The predicted octanol–water partition coefficient (Wildman–Crippen LogP) is 1.08. The van der Waals surface area contributed by atoms with Gasteiger partial charge in [-0.15, -0.1) is 10.2 Å². The van der Waals surface area contributed by atoms with Crippen molar-refractivity contribution in [2.75, 3.05) is 13.2 Å². The zero-order valence-electron chi connectivity index (χ0n) is 15.6. The molecule has 27 heavy (non-hydrogen) atoms. The van der Waals surface area contributed by atoms with Gasteiger partial charge in [0.25, 0.3) is 5.82 Å². The molecule has 4 N–H and O–H groups in total. The Balaban J connectivity index is 2.07. The Labute approximate surface area is 155 Å². The number of hydrogen-bond donors (Lipinski definition) is 3. The number of amidine groups is 1. The van der Waals surface area contributed by atoms with Crippen LogP contribution in [0.2, 0.25) is 0 Å². The Morgan fingerprint density at radius 2 is 2.26 bits per heavy atom. The summed E-state index contributed by atoms with van der Waals surface area (Å²) in [6, 6.07) is 2.31. The van der Waals surface area contributed by atoms with Crippen LogP contribution >= 0.6 is 0 Å². The van der Waals surface area contributed by atoms with Gasteiger partial charge in [0, 0.05) is 11.6 Å². The zero-order valence-corrected chi connectivity index (χ0v) is 15.6. The largest absolute Gasteiger partial charge is 0.435 e. The van der Waals surface area contributed by atoms with E-state index in [0.717, 1.165) is 11.9 Å². The fourth-order valence-electron chi connectivity index (χ4n) is 2.52. The minimum atomic E-state index is -0.253. The first-order chi connectivity index (χ1) is 12.8. The molecule has 3 rings (SSSR count). The molecule has 11 heteroatoms. The van der Waals surface area contributed by atoms with Crippen LogP contribution in [0.25, 0.3) is 5.65 Å². The molecule has 0 saturated carbocycles. The number of azo groups is 1. The Morgan fingerprint density at radius 1 is 1.48 bits per heavy atom. The SMILES string of the molecule is Cc1nc2c(N=NC([NH2+]C3=NCCO3)=C(C#N)C=N)c(C(C)(C)C)[nH]n2n1. The molecule has 3 heterocycles. The summed E-state index contributed by atoms with van der Waals surface area (Å²) in [5.41, 5.74) is 1.69. The van der Waals surface area contributed by atoms with Crippen molar-refractivity contribution < 1.29 is 10.1 Å². The molecule has 0 aliphatic carbocycles. The monoisotopic (exact) mass is 369 g/mol. The summed E-state index contributed by atoms with van der Waals surface area (Å²) in [4.78, 5) is 8.56. The smallest absolute Gasteiger partial charge is 0.397 e. The molecule has 2 aromatic heterocycles. The molecule has 0 fully saturated rings. The third-order valence-corrected chi connectivity index (χ3v) is 3.80. The molecular formula is C16H21N10O+. The van der Waals surface area contributed by atoms with Gasteiger partial charge in [-0.25, -0.2) is 10.3 Å². The van der Waals surface area contributed by atoms with Gasteiger partial charge in [-0.2, -0.15) is 14.9 Å². The van der Waals surface area contributed by atoms with Crippen LogP contribution in [0.3, 0.4) is 0 Å². The summed E-state index contributed by atoms with van der Waals surface area (Å²) in [5.74, 6) is 0.801. The molecule has 0 atom stereocenters. The van der Waals surface area contributed by atoms with Crippen LogP contribution in [-0.4, -0.2) is 45.2 Å². The third kappa shape index (κ3) is 3.75. The number of aryl methyl sites for hydroxylation is 1. The second-order valence-electron chi connectivity index (χ2n) is 6.95. The summed E-state index contributed by atoms with van der Waals surface area (Å²) < 4.78 is 6.91. The molecule has 1 aliphatic rings. The van der Waals surface area contributed by atoms with Gasteiger partial charge in [-0.05, 0) is 6.92 Å². The van der Waals surface area contributed by atoms with Crippen LogP contribution in [0.1, 0.15) is 32.3 Å². The summed E-state index contributed by atoms with van der Waals surface area (Å²) in [7, 11) is 0. The first kappa shape index (κ1) is 18.4. The number of rotatable bonds is 4. The van der Waals surface area contributed by atoms with Crippen LogP contribution in [0.5, 0.6) is 0 Å². The highest BCUT2D eigenvalue weighted by molar-refractivity contribution is 5.82. The topological polar surface area (TPSA) is 157 Å². The summed E-state index contributed by atoms with van der Waals surface area (Å²) in [6.45, 7) is 8.92. The van der Waals surface area contributed by atoms with E-state index < -0.39 is 0 Å². The highest BCUT2D eigenvalue weighted by Gasteiger charge is 2.26. The molecule has 0 saturated heterocycles. The molecular weight excluding hydrogens is 348 g/mol. The minimum absolute atomic E-state index is 0.0541. The summed E-state index contributed by atoms with van der Waals surface area (Å²) >= 11 is 0. The third-order valence-electron chi connectivity index (χ3n) is 3.80. The number of fused-ring (bicyclic) bond motifs is 1. The van der Waals surface area contributed by atoms with Crippen molar-refractivity contribution in [3.63, 3.8) is 0 Å². The fraction of sp³-hybridized carbons (Fsp3) is 0.438. The lowest BCUT2D eigenvalue weighted by molar-refractivity contribution is -0.503.